The van der Waals surface area contributed by atoms with Gasteiger partial charge < -0.3 is 24.8 Å². The van der Waals surface area contributed by atoms with E-state index in [1.165, 1.54) is 0 Å². The maximum atomic E-state index is 12.4. The predicted molar refractivity (Wildman–Crippen MR) is 102 cm³/mol. The summed E-state index contributed by atoms with van der Waals surface area (Å²) in [5, 5.41) is 5.97. The molecular formula is C21H24N2O4. The number of carbonyl (C=O) groups is 1. The van der Waals surface area contributed by atoms with E-state index in [1.54, 1.807) is 7.11 Å². The second-order valence-electron chi connectivity index (χ2n) is 6.97. The van der Waals surface area contributed by atoms with Gasteiger partial charge in [-0.3, -0.25) is 0 Å². The number of rotatable bonds is 6. The molecule has 27 heavy (non-hydrogen) atoms. The Kier molecular flexibility index (Phi) is 5.27. The van der Waals surface area contributed by atoms with Crippen molar-refractivity contribution in [3.05, 3.63) is 54.6 Å². The number of fused-ring (bicyclic) bond motifs is 1. The molecule has 0 radical (unpaired) electrons. The monoisotopic (exact) mass is 368 g/mol. The normalized spacial score (nSPS) is 26.0. The van der Waals surface area contributed by atoms with Crippen LogP contribution in [0.4, 0.5) is 10.5 Å². The standard InChI is InChI=1S/C21H24N2O4/c1-25-13-18-19(17-11-12-26-20(17)18)23-21(24)22-14-7-9-16(10-8-14)27-15-5-3-2-4-6-15/h2-10,17-20H,11-13H2,1H3,(H2,22,23,24). The van der Waals surface area contributed by atoms with Crippen molar-refractivity contribution in [1.82, 2.24) is 5.32 Å². The van der Waals surface area contributed by atoms with Crippen LogP contribution in [-0.2, 0) is 9.47 Å². The highest BCUT2D eigenvalue weighted by Gasteiger charge is 2.54. The molecule has 2 amide bonds. The van der Waals surface area contributed by atoms with Crippen molar-refractivity contribution in [2.75, 3.05) is 25.6 Å². The number of urea groups is 1. The van der Waals surface area contributed by atoms with Crippen LogP contribution in [0.5, 0.6) is 11.5 Å². The number of nitrogens with one attached hydrogen (secondary N) is 2. The van der Waals surface area contributed by atoms with Crippen LogP contribution < -0.4 is 15.4 Å². The van der Waals surface area contributed by atoms with Crippen molar-refractivity contribution in [3.63, 3.8) is 0 Å². The largest absolute Gasteiger partial charge is 0.457 e. The van der Waals surface area contributed by atoms with Crippen molar-refractivity contribution in [2.45, 2.75) is 18.6 Å². The lowest BCUT2D eigenvalue weighted by molar-refractivity contribution is -0.0798. The lowest BCUT2D eigenvalue weighted by atomic mass is 9.67. The molecule has 2 fully saturated rings. The fourth-order valence-electron chi connectivity index (χ4n) is 3.98. The molecule has 142 valence electrons. The zero-order chi connectivity index (χ0) is 18.6. The van der Waals surface area contributed by atoms with Gasteiger partial charge in [-0.1, -0.05) is 18.2 Å². The Morgan fingerprint density at radius 3 is 2.59 bits per heavy atom. The molecule has 6 nitrogen and oxygen atoms in total. The Labute approximate surface area is 158 Å². The predicted octanol–water partition coefficient (Wildman–Crippen LogP) is 3.65. The summed E-state index contributed by atoms with van der Waals surface area (Å²) < 4.78 is 16.8. The van der Waals surface area contributed by atoms with E-state index in [-0.39, 0.29) is 24.1 Å². The van der Waals surface area contributed by atoms with Crippen molar-refractivity contribution >= 4 is 11.7 Å². The van der Waals surface area contributed by atoms with E-state index < -0.39 is 0 Å². The van der Waals surface area contributed by atoms with Gasteiger partial charge >= 0.3 is 6.03 Å². The molecular weight excluding hydrogens is 344 g/mol. The molecule has 0 spiro atoms. The molecule has 0 bridgehead atoms. The molecule has 1 aliphatic heterocycles. The Morgan fingerprint density at radius 2 is 1.85 bits per heavy atom. The smallest absolute Gasteiger partial charge is 0.319 e. The van der Waals surface area contributed by atoms with Crippen LogP contribution >= 0.6 is 0 Å². The van der Waals surface area contributed by atoms with Crippen molar-refractivity contribution in [3.8, 4) is 11.5 Å². The van der Waals surface area contributed by atoms with Crippen LogP contribution in [0.15, 0.2) is 54.6 Å². The number of anilines is 1. The zero-order valence-electron chi connectivity index (χ0n) is 15.3. The van der Waals surface area contributed by atoms with E-state index in [1.807, 2.05) is 54.6 Å². The van der Waals surface area contributed by atoms with Gasteiger partial charge in [0.2, 0.25) is 0 Å². The molecule has 1 saturated carbocycles. The van der Waals surface area contributed by atoms with Crippen molar-refractivity contribution < 1.29 is 19.0 Å². The molecule has 4 unspecified atom stereocenters. The molecule has 0 aromatic heterocycles. The molecule has 1 aliphatic carbocycles. The first kappa shape index (κ1) is 17.8. The van der Waals surface area contributed by atoms with E-state index in [0.717, 1.165) is 30.2 Å². The summed E-state index contributed by atoms with van der Waals surface area (Å²) in [5.41, 5.74) is 0.717. The van der Waals surface area contributed by atoms with Crippen LogP contribution in [-0.4, -0.2) is 38.5 Å². The van der Waals surface area contributed by atoms with E-state index in [0.29, 0.717) is 12.5 Å². The molecule has 4 rings (SSSR count). The Hall–Kier alpha value is -2.57. The van der Waals surface area contributed by atoms with E-state index >= 15 is 0 Å². The summed E-state index contributed by atoms with van der Waals surface area (Å²) in [6, 6.07) is 16.8. The first-order valence-electron chi connectivity index (χ1n) is 9.25. The van der Waals surface area contributed by atoms with Crippen LogP contribution in [0.25, 0.3) is 0 Å². The van der Waals surface area contributed by atoms with Gasteiger partial charge in [0.15, 0.2) is 0 Å². The van der Waals surface area contributed by atoms with Crippen molar-refractivity contribution in [2.24, 2.45) is 11.8 Å². The average molecular weight is 368 g/mol. The number of methoxy groups -OCH3 is 1. The third kappa shape index (κ3) is 3.91. The first-order valence-corrected chi connectivity index (χ1v) is 9.25. The SMILES string of the molecule is COCC1C(NC(=O)Nc2ccc(Oc3ccccc3)cc2)C2CCOC21. The van der Waals surface area contributed by atoms with E-state index in [9.17, 15) is 4.79 Å². The molecule has 2 aromatic rings. The average Bonchev–Trinajstić information content (AvgIpc) is 3.11. The van der Waals surface area contributed by atoms with Gasteiger partial charge in [0.1, 0.15) is 11.5 Å². The van der Waals surface area contributed by atoms with Crippen LogP contribution in [0.1, 0.15) is 6.42 Å². The summed E-state index contributed by atoms with van der Waals surface area (Å²) in [6.45, 7) is 1.36. The highest BCUT2D eigenvalue weighted by atomic mass is 16.5. The van der Waals surface area contributed by atoms with Crippen molar-refractivity contribution in [1.29, 1.82) is 0 Å². The molecule has 2 aromatic carbocycles. The highest BCUT2D eigenvalue weighted by Crippen LogP contribution is 2.43. The second-order valence-corrected chi connectivity index (χ2v) is 6.97. The molecule has 2 N–H and O–H groups in total. The first-order chi connectivity index (χ1) is 13.2. The summed E-state index contributed by atoms with van der Waals surface area (Å²) in [6.07, 6.45) is 1.20. The molecule has 4 atom stereocenters. The highest BCUT2D eigenvalue weighted by molar-refractivity contribution is 5.89. The second kappa shape index (κ2) is 7.98. The molecule has 1 heterocycles. The fraction of sp³-hybridized carbons (Fsp3) is 0.381. The number of ether oxygens (including phenoxy) is 3. The fourth-order valence-corrected chi connectivity index (χ4v) is 3.98. The minimum Gasteiger partial charge on any atom is -0.457 e. The van der Waals surface area contributed by atoms with Gasteiger partial charge in [-0.2, -0.15) is 0 Å². The summed E-state index contributed by atoms with van der Waals surface area (Å²) in [4.78, 5) is 12.4. The third-order valence-electron chi connectivity index (χ3n) is 5.28. The Morgan fingerprint density at radius 1 is 1.11 bits per heavy atom. The topological polar surface area (TPSA) is 68.8 Å². The number of para-hydroxylation sites is 1. The number of amides is 2. The number of hydrogen-bond acceptors (Lipinski definition) is 4. The van der Waals surface area contributed by atoms with Crippen LogP contribution in [0.3, 0.4) is 0 Å². The van der Waals surface area contributed by atoms with Gasteiger partial charge in [-0.15, -0.1) is 0 Å². The number of carbonyl (C=O) groups excluding carboxylic acids is 1. The summed E-state index contributed by atoms with van der Waals surface area (Å²) in [7, 11) is 1.68. The molecule has 2 aliphatic rings. The van der Waals surface area contributed by atoms with Gasteiger partial charge in [0.05, 0.1) is 12.7 Å². The third-order valence-corrected chi connectivity index (χ3v) is 5.28. The van der Waals surface area contributed by atoms with E-state index in [2.05, 4.69) is 10.6 Å². The number of benzene rings is 2. The minimum absolute atomic E-state index is 0.0955. The van der Waals surface area contributed by atoms with Crippen LogP contribution in [0.2, 0.25) is 0 Å². The van der Waals surface area contributed by atoms with Gasteiger partial charge in [0, 0.05) is 37.3 Å². The summed E-state index contributed by atoms with van der Waals surface area (Å²) in [5.74, 6) is 2.10. The van der Waals surface area contributed by atoms with Gasteiger partial charge in [-0.25, -0.2) is 4.79 Å². The lowest BCUT2D eigenvalue weighted by Crippen LogP contribution is -2.63. The van der Waals surface area contributed by atoms with Gasteiger partial charge in [-0.05, 0) is 42.8 Å². The quantitative estimate of drug-likeness (QED) is 0.817. The lowest BCUT2D eigenvalue weighted by Gasteiger charge is -2.47. The Balaban J connectivity index is 1.31. The van der Waals surface area contributed by atoms with Gasteiger partial charge in [0.25, 0.3) is 0 Å². The maximum absolute atomic E-state index is 12.4. The molecule has 6 heteroatoms. The van der Waals surface area contributed by atoms with E-state index in [4.69, 9.17) is 14.2 Å². The maximum Gasteiger partial charge on any atom is 0.319 e. The summed E-state index contributed by atoms with van der Waals surface area (Å²) >= 11 is 0. The molecule has 1 saturated heterocycles. The Bertz CT molecular complexity index is 766. The minimum atomic E-state index is -0.205. The zero-order valence-corrected chi connectivity index (χ0v) is 15.3. The van der Waals surface area contributed by atoms with Crippen LogP contribution in [0, 0.1) is 11.8 Å². The number of hydrogen-bond donors (Lipinski definition) is 2.